The van der Waals surface area contributed by atoms with Gasteiger partial charge in [-0.25, -0.2) is 0 Å². The summed E-state index contributed by atoms with van der Waals surface area (Å²) >= 11 is 3.37. The molecule has 0 aliphatic carbocycles. The number of ether oxygens (including phenoxy) is 2. The first-order chi connectivity index (χ1) is 9.95. The number of hydrogen-bond acceptors (Lipinski definition) is 4. The zero-order valence-corrected chi connectivity index (χ0v) is 13.1. The Morgan fingerprint density at radius 3 is 2.10 bits per heavy atom. The van der Waals surface area contributed by atoms with Gasteiger partial charge in [0.1, 0.15) is 11.5 Å². The Bertz CT molecular complexity index is 677. The Kier molecular flexibility index (Phi) is 4.75. The van der Waals surface area contributed by atoms with Crippen molar-refractivity contribution in [2.45, 2.75) is 13.8 Å². The first-order valence-corrected chi connectivity index (χ1v) is 7.02. The van der Waals surface area contributed by atoms with Crippen LogP contribution in [0.2, 0.25) is 0 Å². The van der Waals surface area contributed by atoms with E-state index < -0.39 is 11.9 Å². The van der Waals surface area contributed by atoms with Gasteiger partial charge in [-0.3, -0.25) is 9.59 Å². The molecule has 2 aromatic rings. The van der Waals surface area contributed by atoms with Crippen LogP contribution < -0.4 is 9.47 Å². The molecule has 4 nitrogen and oxygen atoms in total. The highest BCUT2D eigenvalue weighted by molar-refractivity contribution is 9.10. The van der Waals surface area contributed by atoms with Gasteiger partial charge in [0.15, 0.2) is 0 Å². The molecule has 0 saturated heterocycles. The van der Waals surface area contributed by atoms with E-state index in [-0.39, 0.29) is 0 Å². The molecule has 0 atom stereocenters. The molecule has 0 bridgehead atoms. The summed E-state index contributed by atoms with van der Waals surface area (Å²) in [5, 5.41) is 0. The minimum absolute atomic E-state index is 0.399. The zero-order chi connectivity index (χ0) is 15.4. The molecule has 0 aliphatic rings. The van der Waals surface area contributed by atoms with E-state index in [0.717, 1.165) is 10.0 Å². The van der Waals surface area contributed by atoms with Crippen LogP contribution in [0.1, 0.15) is 13.8 Å². The summed E-state index contributed by atoms with van der Waals surface area (Å²) in [7, 11) is 0. The predicted molar refractivity (Wildman–Crippen MR) is 82.2 cm³/mol. The molecule has 0 heterocycles. The maximum absolute atomic E-state index is 11.2. The third-order valence-corrected chi connectivity index (χ3v) is 3.15. The Balaban J connectivity index is 2.49. The van der Waals surface area contributed by atoms with Crippen LogP contribution in [-0.2, 0) is 9.59 Å². The normalized spacial score (nSPS) is 10.0. The van der Waals surface area contributed by atoms with Gasteiger partial charge in [-0.05, 0) is 35.9 Å². The van der Waals surface area contributed by atoms with Crippen LogP contribution in [0.5, 0.6) is 11.5 Å². The van der Waals surface area contributed by atoms with E-state index in [4.69, 9.17) is 9.47 Å². The van der Waals surface area contributed by atoms with E-state index >= 15 is 0 Å². The number of benzene rings is 2. The van der Waals surface area contributed by atoms with Crippen LogP contribution in [0.15, 0.2) is 46.9 Å². The van der Waals surface area contributed by atoms with Gasteiger partial charge in [0.25, 0.3) is 0 Å². The van der Waals surface area contributed by atoms with E-state index in [1.54, 1.807) is 18.2 Å². The Labute approximate surface area is 130 Å². The summed E-state index contributed by atoms with van der Waals surface area (Å²) in [6.07, 6.45) is 0. The van der Waals surface area contributed by atoms with Gasteiger partial charge in [-0.1, -0.05) is 28.1 Å². The molecular weight excluding hydrogens is 336 g/mol. The number of esters is 2. The van der Waals surface area contributed by atoms with Crippen molar-refractivity contribution in [1.29, 1.82) is 0 Å². The molecule has 0 N–H and O–H groups in total. The van der Waals surface area contributed by atoms with Crippen molar-refractivity contribution in [3.63, 3.8) is 0 Å². The SMILES string of the molecule is CC(=O)Oc1ccc(OC(C)=O)c(-c2ccc(Br)cc2)c1. The second kappa shape index (κ2) is 6.54. The van der Waals surface area contributed by atoms with Gasteiger partial charge in [0.2, 0.25) is 0 Å². The fourth-order valence-electron chi connectivity index (χ4n) is 1.84. The van der Waals surface area contributed by atoms with Gasteiger partial charge in [0, 0.05) is 23.9 Å². The third kappa shape index (κ3) is 4.16. The Morgan fingerprint density at radius 1 is 0.905 bits per heavy atom. The Hall–Kier alpha value is -2.14. The average molecular weight is 349 g/mol. The molecule has 5 heteroatoms. The van der Waals surface area contributed by atoms with Crippen molar-refractivity contribution >= 4 is 27.9 Å². The lowest BCUT2D eigenvalue weighted by atomic mass is 10.0. The smallest absolute Gasteiger partial charge is 0.308 e. The highest BCUT2D eigenvalue weighted by atomic mass is 79.9. The molecule has 0 spiro atoms. The van der Waals surface area contributed by atoms with Crippen molar-refractivity contribution in [2.24, 2.45) is 0 Å². The summed E-state index contributed by atoms with van der Waals surface area (Å²) in [4.78, 5) is 22.3. The van der Waals surface area contributed by atoms with Crippen LogP contribution in [0.25, 0.3) is 11.1 Å². The molecule has 2 rings (SSSR count). The fraction of sp³-hybridized carbons (Fsp3) is 0.125. The highest BCUT2D eigenvalue weighted by Gasteiger charge is 2.11. The molecule has 21 heavy (non-hydrogen) atoms. The summed E-state index contributed by atoms with van der Waals surface area (Å²) < 4.78 is 11.2. The van der Waals surface area contributed by atoms with E-state index in [1.165, 1.54) is 13.8 Å². The van der Waals surface area contributed by atoms with Crippen molar-refractivity contribution in [3.05, 3.63) is 46.9 Å². The van der Waals surface area contributed by atoms with Crippen molar-refractivity contribution in [1.82, 2.24) is 0 Å². The topological polar surface area (TPSA) is 52.6 Å². The van der Waals surface area contributed by atoms with Gasteiger partial charge in [-0.2, -0.15) is 0 Å². The molecule has 0 aromatic heterocycles. The lowest BCUT2D eigenvalue weighted by Gasteiger charge is -2.11. The van der Waals surface area contributed by atoms with E-state index in [0.29, 0.717) is 17.1 Å². The molecule has 0 radical (unpaired) electrons. The molecule has 0 fully saturated rings. The Morgan fingerprint density at radius 2 is 1.52 bits per heavy atom. The maximum atomic E-state index is 11.2. The standard InChI is InChI=1S/C16H13BrO4/c1-10(18)20-14-7-8-16(21-11(2)19)15(9-14)12-3-5-13(17)6-4-12/h3-9H,1-2H3. The largest absolute Gasteiger partial charge is 0.427 e. The summed E-state index contributed by atoms with van der Waals surface area (Å²) in [6.45, 7) is 2.67. The van der Waals surface area contributed by atoms with Gasteiger partial charge in [-0.15, -0.1) is 0 Å². The monoisotopic (exact) mass is 348 g/mol. The third-order valence-electron chi connectivity index (χ3n) is 2.62. The number of hydrogen-bond donors (Lipinski definition) is 0. The number of carbonyl (C=O) groups is 2. The molecule has 0 aliphatic heterocycles. The van der Waals surface area contributed by atoms with Crippen LogP contribution in [0.3, 0.4) is 0 Å². The lowest BCUT2D eigenvalue weighted by Crippen LogP contribution is -2.04. The second-order valence-corrected chi connectivity index (χ2v) is 5.27. The molecule has 2 aromatic carbocycles. The van der Waals surface area contributed by atoms with E-state index in [9.17, 15) is 9.59 Å². The number of halogens is 1. The fourth-order valence-corrected chi connectivity index (χ4v) is 2.10. The van der Waals surface area contributed by atoms with Crippen molar-refractivity contribution < 1.29 is 19.1 Å². The lowest BCUT2D eigenvalue weighted by molar-refractivity contribution is -0.133. The first kappa shape index (κ1) is 15.3. The van der Waals surface area contributed by atoms with Crippen LogP contribution in [-0.4, -0.2) is 11.9 Å². The quantitative estimate of drug-likeness (QED) is 0.622. The number of rotatable bonds is 3. The van der Waals surface area contributed by atoms with Gasteiger partial charge < -0.3 is 9.47 Å². The van der Waals surface area contributed by atoms with Crippen LogP contribution in [0.4, 0.5) is 0 Å². The molecule has 0 saturated carbocycles. The minimum Gasteiger partial charge on any atom is -0.427 e. The summed E-state index contributed by atoms with van der Waals surface area (Å²) in [5.74, 6) is 0.00244. The van der Waals surface area contributed by atoms with Crippen LogP contribution in [0, 0.1) is 0 Å². The second-order valence-electron chi connectivity index (χ2n) is 4.35. The molecular formula is C16H13BrO4. The van der Waals surface area contributed by atoms with E-state index in [1.807, 2.05) is 24.3 Å². The zero-order valence-electron chi connectivity index (χ0n) is 11.6. The first-order valence-electron chi connectivity index (χ1n) is 6.22. The van der Waals surface area contributed by atoms with Gasteiger partial charge in [0.05, 0.1) is 0 Å². The minimum atomic E-state index is -0.409. The number of carbonyl (C=O) groups excluding carboxylic acids is 2. The molecule has 0 amide bonds. The summed E-state index contributed by atoms with van der Waals surface area (Å²) in [6, 6.07) is 12.4. The van der Waals surface area contributed by atoms with Crippen LogP contribution >= 0.6 is 15.9 Å². The van der Waals surface area contributed by atoms with Crippen molar-refractivity contribution in [2.75, 3.05) is 0 Å². The molecule has 0 unspecified atom stereocenters. The van der Waals surface area contributed by atoms with Gasteiger partial charge >= 0.3 is 11.9 Å². The molecule has 108 valence electrons. The highest BCUT2D eigenvalue weighted by Crippen LogP contribution is 2.34. The van der Waals surface area contributed by atoms with Crippen molar-refractivity contribution in [3.8, 4) is 22.6 Å². The maximum Gasteiger partial charge on any atom is 0.308 e. The van der Waals surface area contributed by atoms with E-state index in [2.05, 4.69) is 15.9 Å². The average Bonchev–Trinajstić information content (AvgIpc) is 2.40. The summed E-state index contributed by atoms with van der Waals surface area (Å²) in [5.41, 5.74) is 1.53. The predicted octanol–water partition coefficient (Wildman–Crippen LogP) is 3.97.